The van der Waals surface area contributed by atoms with Gasteiger partial charge in [-0.05, 0) is 64.2 Å². The maximum Gasteiger partial charge on any atom is 0.472 e. The Morgan fingerprint density at radius 3 is 1.53 bits per heavy atom. The van der Waals surface area contributed by atoms with Gasteiger partial charge in [0, 0.05) is 6.61 Å². The van der Waals surface area contributed by atoms with Crippen LogP contribution in [0.1, 0.15) is 142 Å². The van der Waals surface area contributed by atoms with Crippen molar-refractivity contribution in [3.63, 3.8) is 0 Å². The summed E-state index contributed by atoms with van der Waals surface area (Å²) in [5, 5.41) is 50.1. The number of phosphoric acid groups is 1. The van der Waals surface area contributed by atoms with Crippen LogP contribution in [0.25, 0.3) is 0 Å². The van der Waals surface area contributed by atoms with Crippen LogP contribution in [0.2, 0.25) is 0 Å². The van der Waals surface area contributed by atoms with Crippen LogP contribution in [-0.2, 0) is 27.9 Å². The van der Waals surface area contributed by atoms with E-state index in [0.717, 1.165) is 57.8 Å². The van der Waals surface area contributed by atoms with Crippen LogP contribution in [0.3, 0.4) is 0 Å². The van der Waals surface area contributed by atoms with Gasteiger partial charge in [0.05, 0.1) is 19.6 Å². The van der Waals surface area contributed by atoms with E-state index in [0.29, 0.717) is 13.0 Å². The van der Waals surface area contributed by atoms with Crippen LogP contribution in [0.4, 0.5) is 0 Å². The third-order valence-corrected chi connectivity index (χ3v) is 10.6. The normalized spacial score (nSPS) is 23.4. The number of aliphatic hydroxyl groups excluding tert-OH is 5. The maximum absolute atomic E-state index is 12.8. The first-order valence-electron chi connectivity index (χ1n) is 21.8. The molecule has 0 saturated heterocycles. The highest BCUT2D eigenvalue weighted by atomic mass is 31.2. The zero-order chi connectivity index (χ0) is 42.7. The van der Waals surface area contributed by atoms with Gasteiger partial charge in [-0.15, -0.1) is 0 Å². The summed E-state index contributed by atoms with van der Waals surface area (Å²) in [6, 6.07) is 0. The topological polar surface area (TPSA) is 192 Å². The highest BCUT2D eigenvalue weighted by Crippen LogP contribution is 2.47. The lowest BCUT2D eigenvalue weighted by Gasteiger charge is -2.41. The molecule has 13 heteroatoms. The Morgan fingerprint density at radius 2 is 1.02 bits per heavy atom. The summed E-state index contributed by atoms with van der Waals surface area (Å²) in [6.45, 7) is 3.99. The van der Waals surface area contributed by atoms with E-state index in [-0.39, 0.29) is 13.0 Å². The summed E-state index contributed by atoms with van der Waals surface area (Å²) in [5.41, 5.74) is 0. The Bertz CT molecular complexity index is 1230. The molecule has 0 spiro atoms. The molecule has 6 unspecified atom stereocenters. The van der Waals surface area contributed by atoms with E-state index in [1.165, 1.54) is 57.8 Å². The van der Waals surface area contributed by atoms with Gasteiger partial charge < -0.3 is 39.9 Å². The molecule has 1 fully saturated rings. The van der Waals surface area contributed by atoms with Crippen LogP contribution in [0.15, 0.2) is 72.9 Å². The lowest BCUT2D eigenvalue weighted by atomic mass is 9.85. The predicted octanol–water partition coefficient (Wildman–Crippen LogP) is 8.41. The minimum atomic E-state index is -5.04. The van der Waals surface area contributed by atoms with Crippen molar-refractivity contribution >= 4 is 13.8 Å². The third kappa shape index (κ3) is 27.5. The van der Waals surface area contributed by atoms with Gasteiger partial charge in [-0.25, -0.2) is 4.57 Å². The number of unbranched alkanes of at least 4 members (excludes halogenated alkanes) is 12. The molecule has 0 radical (unpaired) electrons. The average molecular weight is 841 g/mol. The molecule has 1 rings (SSSR count). The second-order valence-corrected chi connectivity index (χ2v) is 16.2. The minimum Gasteiger partial charge on any atom is -0.457 e. The number of rotatable bonds is 35. The Morgan fingerprint density at radius 1 is 0.569 bits per heavy atom. The average Bonchev–Trinajstić information content (AvgIpc) is 3.21. The molecular weight excluding hydrogens is 763 g/mol. The van der Waals surface area contributed by atoms with Crippen LogP contribution >= 0.6 is 7.82 Å². The third-order valence-electron chi connectivity index (χ3n) is 9.60. The van der Waals surface area contributed by atoms with E-state index in [1.54, 1.807) is 6.08 Å². The minimum absolute atomic E-state index is 0.0508. The SMILES string of the molecule is CC/C=C\C/C=C\C/C=C\C/C=C\C/C=C\CC(=O)OC(COCCCCCCCC/C=C\CCCCCCCC)COP(=O)(O)OC1C(O)C(O)C(O)C(O)C1O. The van der Waals surface area contributed by atoms with Crippen molar-refractivity contribution < 1.29 is 58.3 Å². The molecule has 0 heterocycles. The summed E-state index contributed by atoms with van der Waals surface area (Å²) >= 11 is 0. The molecule has 0 amide bonds. The summed E-state index contributed by atoms with van der Waals surface area (Å²) in [6.07, 6.45) is 32.9. The predicted molar refractivity (Wildman–Crippen MR) is 230 cm³/mol. The number of phosphoric ester groups is 1. The molecule has 0 aromatic carbocycles. The maximum atomic E-state index is 12.8. The Labute approximate surface area is 349 Å². The summed E-state index contributed by atoms with van der Waals surface area (Å²) in [7, 11) is -5.04. The Balaban J connectivity index is 2.50. The lowest BCUT2D eigenvalue weighted by Crippen LogP contribution is -2.64. The molecule has 12 nitrogen and oxygen atoms in total. The van der Waals surface area contributed by atoms with E-state index in [4.69, 9.17) is 18.5 Å². The Kier molecular flexibility index (Phi) is 33.0. The van der Waals surface area contributed by atoms with Gasteiger partial charge in [-0.1, -0.05) is 145 Å². The van der Waals surface area contributed by atoms with Crippen molar-refractivity contribution in [1.29, 1.82) is 0 Å². The molecule has 0 aliphatic heterocycles. The molecule has 6 N–H and O–H groups in total. The first-order chi connectivity index (χ1) is 28.0. The molecular formula is C45H77O12P. The smallest absolute Gasteiger partial charge is 0.457 e. The van der Waals surface area contributed by atoms with Crippen molar-refractivity contribution in [2.45, 2.75) is 185 Å². The number of allylic oxidation sites excluding steroid dienone is 11. The van der Waals surface area contributed by atoms with Crippen molar-refractivity contribution in [3.8, 4) is 0 Å². The molecule has 1 saturated carbocycles. The van der Waals surface area contributed by atoms with E-state index in [2.05, 4.69) is 62.5 Å². The molecule has 0 bridgehead atoms. The largest absolute Gasteiger partial charge is 0.472 e. The zero-order valence-electron chi connectivity index (χ0n) is 35.3. The first-order valence-corrected chi connectivity index (χ1v) is 23.3. The molecule has 58 heavy (non-hydrogen) atoms. The van der Waals surface area contributed by atoms with E-state index >= 15 is 0 Å². The van der Waals surface area contributed by atoms with Crippen LogP contribution < -0.4 is 0 Å². The van der Waals surface area contributed by atoms with Crippen LogP contribution in [-0.4, -0.2) is 98.9 Å². The fourth-order valence-electron chi connectivity index (χ4n) is 6.13. The first kappa shape index (κ1) is 53.8. The number of aliphatic hydroxyl groups is 5. The second kappa shape index (κ2) is 35.5. The van der Waals surface area contributed by atoms with E-state index in [9.17, 15) is 39.8 Å². The van der Waals surface area contributed by atoms with Gasteiger partial charge in [-0.3, -0.25) is 13.8 Å². The van der Waals surface area contributed by atoms with Crippen molar-refractivity contribution in [1.82, 2.24) is 0 Å². The van der Waals surface area contributed by atoms with Crippen LogP contribution in [0, 0.1) is 0 Å². The van der Waals surface area contributed by atoms with Gasteiger partial charge >= 0.3 is 13.8 Å². The van der Waals surface area contributed by atoms with Crippen LogP contribution in [0.5, 0.6) is 0 Å². The fourth-order valence-corrected chi connectivity index (χ4v) is 7.10. The molecule has 1 aliphatic rings. The van der Waals surface area contributed by atoms with E-state index < -0.39 is 63.1 Å². The number of carbonyl (C=O) groups excluding carboxylic acids is 1. The molecule has 0 aromatic rings. The number of hydrogen-bond donors (Lipinski definition) is 6. The molecule has 334 valence electrons. The second-order valence-electron chi connectivity index (χ2n) is 14.8. The molecule has 1 aliphatic carbocycles. The number of carbonyl (C=O) groups is 1. The van der Waals surface area contributed by atoms with E-state index in [1.807, 2.05) is 18.2 Å². The van der Waals surface area contributed by atoms with Gasteiger partial charge in [0.2, 0.25) is 0 Å². The van der Waals surface area contributed by atoms with Gasteiger partial charge in [0.1, 0.15) is 42.7 Å². The monoisotopic (exact) mass is 841 g/mol. The quantitative estimate of drug-likeness (QED) is 0.0155. The van der Waals surface area contributed by atoms with Crippen molar-refractivity contribution in [3.05, 3.63) is 72.9 Å². The van der Waals surface area contributed by atoms with Gasteiger partial charge in [0.25, 0.3) is 0 Å². The Hall–Kier alpha value is -2.22. The fraction of sp³-hybridized carbons (Fsp3) is 0.711. The highest BCUT2D eigenvalue weighted by Gasteiger charge is 2.51. The van der Waals surface area contributed by atoms with Crippen molar-refractivity contribution in [2.75, 3.05) is 19.8 Å². The molecule has 0 aromatic heterocycles. The summed E-state index contributed by atoms with van der Waals surface area (Å²) in [4.78, 5) is 23.0. The number of esters is 1. The molecule has 6 atom stereocenters. The lowest BCUT2D eigenvalue weighted by molar-refractivity contribution is -0.220. The van der Waals surface area contributed by atoms with Crippen molar-refractivity contribution in [2.24, 2.45) is 0 Å². The zero-order valence-corrected chi connectivity index (χ0v) is 36.2. The standard InChI is InChI=1S/C45H77O12P/c1-3-5-7-9-11-13-15-17-19-21-23-25-27-29-31-33-35-54-36-38(37-55-58(52,53)57-45-43(50)41(48)40(47)42(49)44(45)51)56-39(46)34-32-30-28-26-24-22-20-18-16-14-12-10-8-6-4-2/h6,8,12,14,17-20,24,26,30,32,38,40-45,47-51H,3-5,7,9-11,13,15-16,21-23,25,27-29,31,33-37H2,1-2H3,(H,52,53)/b8-6-,14-12-,19-17-,20-18-,26-24-,32-30-. The van der Waals surface area contributed by atoms with Gasteiger partial charge in [-0.2, -0.15) is 0 Å². The summed E-state index contributed by atoms with van der Waals surface area (Å²) < 4.78 is 34.0. The number of ether oxygens (including phenoxy) is 2. The summed E-state index contributed by atoms with van der Waals surface area (Å²) in [5.74, 6) is -0.608. The number of hydrogen-bond acceptors (Lipinski definition) is 11. The highest BCUT2D eigenvalue weighted by molar-refractivity contribution is 7.47. The van der Waals surface area contributed by atoms with Gasteiger partial charge in [0.15, 0.2) is 0 Å².